The minimum Gasteiger partial charge on any atom is -0.379 e. The Morgan fingerprint density at radius 2 is 2.10 bits per heavy atom. The van der Waals surface area contributed by atoms with Gasteiger partial charge < -0.3 is 15.6 Å². The number of hydrogen-bond acceptors (Lipinski definition) is 2. The molecule has 3 N–H and O–H groups in total. The molecule has 0 radical (unpaired) electrons. The van der Waals surface area contributed by atoms with Crippen LogP contribution in [-0.4, -0.2) is 10.5 Å². The van der Waals surface area contributed by atoms with E-state index in [2.05, 4.69) is 5.32 Å². The average Bonchev–Trinajstić information content (AvgIpc) is 2.85. The third-order valence-corrected chi connectivity index (χ3v) is 2.98. The van der Waals surface area contributed by atoms with Crippen molar-refractivity contribution in [1.82, 2.24) is 4.57 Å². The van der Waals surface area contributed by atoms with Crippen LogP contribution in [0.5, 0.6) is 0 Å². The first-order chi connectivity index (χ1) is 9.51. The second kappa shape index (κ2) is 5.73. The van der Waals surface area contributed by atoms with Gasteiger partial charge in [0.05, 0.1) is 11.3 Å². The lowest BCUT2D eigenvalue weighted by molar-refractivity contribution is 0.0996. The highest BCUT2D eigenvalue weighted by Gasteiger charge is 2.13. The summed E-state index contributed by atoms with van der Waals surface area (Å²) < 4.78 is 28.9. The van der Waals surface area contributed by atoms with Gasteiger partial charge in [0.25, 0.3) is 5.91 Å². The summed E-state index contributed by atoms with van der Waals surface area (Å²) in [6.07, 6.45) is 3.83. The van der Waals surface area contributed by atoms with Gasteiger partial charge in [-0.05, 0) is 24.6 Å². The zero-order valence-corrected chi connectivity index (χ0v) is 11.0. The highest BCUT2D eigenvalue weighted by atomic mass is 19.1. The highest BCUT2D eigenvalue weighted by molar-refractivity contribution is 5.94. The fourth-order valence-corrected chi connectivity index (χ4v) is 1.86. The van der Waals surface area contributed by atoms with Crippen LogP contribution in [0, 0.1) is 11.6 Å². The van der Waals surface area contributed by atoms with E-state index >= 15 is 0 Å². The number of hydrogen-bond donors (Lipinski definition) is 2. The van der Waals surface area contributed by atoms with Gasteiger partial charge in [-0.1, -0.05) is 0 Å². The highest BCUT2D eigenvalue weighted by Crippen LogP contribution is 2.20. The zero-order valence-electron chi connectivity index (χ0n) is 11.0. The van der Waals surface area contributed by atoms with Gasteiger partial charge >= 0.3 is 0 Å². The molecule has 2 aromatic rings. The van der Waals surface area contributed by atoms with E-state index in [-0.39, 0.29) is 11.3 Å². The number of carbonyl (C=O) groups excluding carboxylic acids is 1. The molecule has 1 aromatic carbocycles. The Morgan fingerprint density at radius 1 is 1.35 bits per heavy atom. The minimum absolute atomic E-state index is 0.0458. The number of rotatable bonds is 5. The van der Waals surface area contributed by atoms with Gasteiger partial charge in [-0.25, -0.2) is 8.78 Å². The normalized spacial score (nSPS) is 10.6. The van der Waals surface area contributed by atoms with Crippen molar-refractivity contribution in [1.29, 1.82) is 0 Å². The lowest BCUT2D eigenvalue weighted by atomic mass is 10.1. The van der Waals surface area contributed by atoms with Crippen molar-refractivity contribution in [3.63, 3.8) is 0 Å². The minimum atomic E-state index is -0.960. The Hall–Kier alpha value is -2.37. The third-order valence-electron chi connectivity index (χ3n) is 2.98. The molecule has 0 aliphatic rings. The first kappa shape index (κ1) is 14.0. The SMILES string of the molecule is CCn1ccc(CNc2cc(C(N)=O)c(F)cc2F)c1. The van der Waals surface area contributed by atoms with Crippen molar-refractivity contribution in [2.75, 3.05) is 5.32 Å². The number of primary amides is 1. The van der Waals surface area contributed by atoms with E-state index in [0.29, 0.717) is 12.6 Å². The summed E-state index contributed by atoms with van der Waals surface area (Å²) in [7, 11) is 0. The summed E-state index contributed by atoms with van der Waals surface area (Å²) in [5.41, 5.74) is 5.70. The molecule has 1 heterocycles. The number of benzene rings is 1. The Labute approximate surface area is 115 Å². The van der Waals surface area contributed by atoms with Crippen molar-refractivity contribution in [2.24, 2.45) is 5.73 Å². The van der Waals surface area contributed by atoms with Crippen molar-refractivity contribution in [3.8, 4) is 0 Å². The molecule has 1 amide bonds. The van der Waals surface area contributed by atoms with E-state index < -0.39 is 17.5 Å². The van der Waals surface area contributed by atoms with Crippen molar-refractivity contribution in [2.45, 2.75) is 20.0 Å². The lowest BCUT2D eigenvalue weighted by Crippen LogP contribution is -2.14. The number of carbonyl (C=O) groups is 1. The van der Waals surface area contributed by atoms with Gasteiger partial charge in [0, 0.05) is 31.5 Å². The number of anilines is 1. The van der Waals surface area contributed by atoms with Gasteiger partial charge in [0.2, 0.25) is 0 Å². The third kappa shape index (κ3) is 2.96. The smallest absolute Gasteiger partial charge is 0.251 e. The summed E-state index contributed by atoms with van der Waals surface area (Å²) >= 11 is 0. The maximum absolute atomic E-state index is 13.6. The summed E-state index contributed by atoms with van der Waals surface area (Å²) in [5.74, 6) is -2.65. The quantitative estimate of drug-likeness (QED) is 0.883. The van der Waals surface area contributed by atoms with Crippen molar-refractivity contribution >= 4 is 11.6 Å². The van der Waals surface area contributed by atoms with Crippen LogP contribution in [0.2, 0.25) is 0 Å². The number of halogens is 2. The van der Waals surface area contributed by atoms with Crippen LogP contribution in [0.25, 0.3) is 0 Å². The topological polar surface area (TPSA) is 60.1 Å². The molecule has 0 aliphatic carbocycles. The number of amides is 1. The monoisotopic (exact) mass is 279 g/mol. The Bertz CT molecular complexity index is 637. The number of aryl methyl sites for hydroxylation is 1. The Kier molecular flexibility index (Phi) is 4.02. The molecule has 0 saturated carbocycles. The van der Waals surface area contributed by atoms with Gasteiger partial charge in [-0.3, -0.25) is 4.79 Å². The summed E-state index contributed by atoms with van der Waals surface area (Å²) in [5, 5.41) is 2.83. The van der Waals surface area contributed by atoms with Gasteiger partial charge in [-0.2, -0.15) is 0 Å². The zero-order chi connectivity index (χ0) is 14.7. The standard InChI is InChI=1S/C14H15F2N3O/c1-2-19-4-3-9(8-19)7-18-13-5-10(14(17)20)11(15)6-12(13)16/h3-6,8,18H,2,7H2,1H3,(H2,17,20). The predicted molar refractivity (Wildman–Crippen MR) is 72.3 cm³/mol. The molecule has 0 saturated heterocycles. The maximum Gasteiger partial charge on any atom is 0.251 e. The molecule has 0 fully saturated rings. The number of nitrogens with one attached hydrogen (secondary N) is 1. The van der Waals surface area contributed by atoms with Crippen LogP contribution in [0.1, 0.15) is 22.8 Å². The molecular formula is C14H15F2N3O. The summed E-state index contributed by atoms with van der Waals surface area (Å²) in [4.78, 5) is 11.0. The Balaban J connectivity index is 2.16. The van der Waals surface area contributed by atoms with E-state index in [1.807, 2.05) is 30.0 Å². The van der Waals surface area contributed by atoms with Gasteiger partial charge in [0.1, 0.15) is 11.6 Å². The first-order valence-corrected chi connectivity index (χ1v) is 6.18. The number of nitrogens with zero attached hydrogens (tertiary/aromatic N) is 1. The largest absolute Gasteiger partial charge is 0.379 e. The number of aromatic nitrogens is 1. The summed E-state index contributed by atoms with van der Waals surface area (Å²) in [6.45, 7) is 3.22. The van der Waals surface area contributed by atoms with Crippen molar-refractivity contribution < 1.29 is 13.6 Å². The molecule has 106 valence electrons. The van der Waals surface area contributed by atoms with E-state index in [0.717, 1.165) is 18.2 Å². The first-order valence-electron chi connectivity index (χ1n) is 6.18. The fraction of sp³-hybridized carbons (Fsp3) is 0.214. The van der Waals surface area contributed by atoms with E-state index in [9.17, 15) is 13.6 Å². The van der Waals surface area contributed by atoms with E-state index in [1.165, 1.54) is 0 Å². The molecule has 0 unspecified atom stereocenters. The molecule has 20 heavy (non-hydrogen) atoms. The van der Waals surface area contributed by atoms with Crippen molar-refractivity contribution in [3.05, 3.63) is 53.4 Å². The van der Waals surface area contributed by atoms with E-state index in [1.54, 1.807) is 0 Å². The van der Waals surface area contributed by atoms with E-state index in [4.69, 9.17) is 5.73 Å². The van der Waals surface area contributed by atoms with Crippen LogP contribution < -0.4 is 11.1 Å². The molecule has 0 aliphatic heterocycles. The predicted octanol–water partition coefficient (Wildman–Crippen LogP) is 2.50. The summed E-state index contributed by atoms with van der Waals surface area (Å²) in [6, 6.07) is 3.64. The maximum atomic E-state index is 13.6. The molecular weight excluding hydrogens is 264 g/mol. The molecule has 6 heteroatoms. The molecule has 0 bridgehead atoms. The van der Waals surface area contributed by atoms with Crippen LogP contribution in [0.15, 0.2) is 30.6 Å². The fourth-order valence-electron chi connectivity index (χ4n) is 1.86. The second-order valence-corrected chi connectivity index (χ2v) is 4.38. The molecule has 0 atom stereocenters. The van der Waals surface area contributed by atoms with Crippen LogP contribution in [0.3, 0.4) is 0 Å². The second-order valence-electron chi connectivity index (χ2n) is 4.38. The van der Waals surface area contributed by atoms with Crippen LogP contribution >= 0.6 is 0 Å². The molecule has 0 spiro atoms. The van der Waals surface area contributed by atoms with Crippen LogP contribution in [-0.2, 0) is 13.1 Å². The lowest BCUT2D eigenvalue weighted by Gasteiger charge is -2.08. The van der Waals surface area contributed by atoms with Crippen LogP contribution in [0.4, 0.5) is 14.5 Å². The molecule has 2 rings (SSSR count). The average molecular weight is 279 g/mol. The number of nitrogens with two attached hydrogens (primary N) is 1. The van der Waals surface area contributed by atoms with Gasteiger partial charge in [-0.15, -0.1) is 0 Å². The molecule has 4 nitrogen and oxygen atoms in total. The Morgan fingerprint density at radius 3 is 2.70 bits per heavy atom. The van der Waals surface area contributed by atoms with Gasteiger partial charge in [0.15, 0.2) is 0 Å². The molecule has 1 aromatic heterocycles.